The highest BCUT2D eigenvalue weighted by molar-refractivity contribution is 6.07. The van der Waals surface area contributed by atoms with Crippen molar-refractivity contribution in [1.29, 1.82) is 0 Å². The molecular formula is C26H34N3O+. The Morgan fingerprint density at radius 1 is 1.07 bits per heavy atom. The van der Waals surface area contributed by atoms with Crippen molar-refractivity contribution in [3.05, 3.63) is 65.7 Å². The van der Waals surface area contributed by atoms with E-state index in [4.69, 9.17) is 4.98 Å². The molecule has 0 spiro atoms. The van der Waals surface area contributed by atoms with Crippen molar-refractivity contribution in [3.8, 4) is 11.3 Å². The summed E-state index contributed by atoms with van der Waals surface area (Å²) in [5.74, 6) is -0.0205. The number of hydrogen-bond acceptors (Lipinski definition) is 2. The Morgan fingerprint density at radius 2 is 1.80 bits per heavy atom. The van der Waals surface area contributed by atoms with E-state index in [2.05, 4.69) is 32.2 Å². The minimum Gasteiger partial charge on any atom is -0.350 e. The van der Waals surface area contributed by atoms with Gasteiger partial charge in [0.25, 0.3) is 5.91 Å². The first-order valence-corrected chi connectivity index (χ1v) is 11.1. The maximum atomic E-state index is 13.2. The molecule has 1 amide bonds. The first-order chi connectivity index (χ1) is 14.5. The van der Waals surface area contributed by atoms with Crippen molar-refractivity contribution in [2.75, 3.05) is 19.6 Å². The number of aromatic nitrogens is 1. The maximum Gasteiger partial charge on any atom is 0.252 e. The molecule has 0 aliphatic rings. The summed E-state index contributed by atoms with van der Waals surface area (Å²) in [5, 5.41) is 4.13. The van der Waals surface area contributed by atoms with Gasteiger partial charge in [-0.25, -0.2) is 4.98 Å². The Labute approximate surface area is 180 Å². The van der Waals surface area contributed by atoms with Crippen LogP contribution < -0.4 is 10.2 Å². The van der Waals surface area contributed by atoms with Crippen LogP contribution in [0.3, 0.4) is 0 Å². The van der Waals surface area contributed by atoms with Crippen molar-refractivity contribution in [2.24, 2.45) is 0 Å². The number of pyridine rings is 1. The van der Waals surface area contributed by atoms with E-state index in [1.54, 1.807) is 4.90 Å². The molecule has 1 heterocycles. The van der Waals surface area contributed by atoms with E-state index in [0.29, 0.717) is 5.56 Å². The highest BCUT2D eigenvalue weighted by Crippen LogP contribution is 2.25. The molecule has 30 heavy (non-hydrogen) atoms. The van der Waals surface area contributed by atoms with E-state index in [1.807, 2.05) is 55.5 Å². The predicted octanol–water partition coefficient (Wildman–Crippen LogP) is 4.03. The number of nitrogens with one attached hydrogen (secondary N) is 2. The van der Waals surface area contributed by atoms with E-state index in [-0.39, 0.29) is 11.9 Å². The molecule has 0 bridgehead atoms. The van der Waals surface area contributed by atoms with E-state index < -0.39 is 0 Å². The zero-order chi connectivity index (χ0) is 21.5. The first-order valence-electron chi connectivity index (χ1n) is 11.1. The zero-order valence-corrected chi connectivity index (χ0v) is 18.7. The normalized spacial score (nSPS) is 12.3. The molecule has 3 aromatic rings. The quantitative estimate of drug-likeness (QED) is 0.566. The van der Waals surface area contributed by atoms with Crippen LogP contribution in [0.25, 0.3) is 22.2 Å². The van der Waals surface area contributed by atoms with Gasteiger partial charge in [-0.1, -0.05) is 42.0 Å². The lowest BCUT2D eigenvalue weighted by molar-refractivity contribution is -0.896. The second kappa shape index (κ2) is 10.4. The van der Waals surface area contributed by atoms with Crippen LogP contribution in [0.4, 0.5) is 0 Å². The summed E-state index contributed by atoms with van der Waals surface area (Å²) in [4.78, 5) is 19.7. The molecule has 2 aromatic carbocycles. The Hall–Kier alpha value is -2.72. The van der Waals surface area contributed by atoms with Gasteiger partial charge in [-0.3, -0.25) is 4.79 Å². The SMILES string of the molecule is CC[NH+](CC)CCC[C@H](C)NC(=O)c1cc(-c2ccccc2)nc2ccc(C)cc12. The molecule has 2 N–H and O–H groups in total. The lowest BCUT2D eigenvalue weighted by Gasteiger charge is -2.18. The van der Waals surface area contributed by atoms with Crippen LogP contribution in [0.15, 0.2) is 54.6 Å². The number of aryl methyl sites for hydroxylation is 1. The van der Waals surface area contributed by atoms with Crippen molar-refractivity contribution in [2.45, 2.75) is 46.6 Å². The zero-order valence-electron chi connectivity index (χ0n) is 18.7. The van der Waals surface area contributed by atoms with Crippen molar-refractivity contribution >= 4 is 16.8 Å². The minimum absolute atomic E-state index is 0.0205. The first kappa shape index (κ1) is 22.0. The molecule has 0 fully saturated rings. The summed E-state index contributed by atoms with van der Waals surface area (Å²) < 4.78 is 0. The van der Waals surface area contributed by atoms with E-state index in [9.17, 15) is 4.79 Å². The number of hydrogen-bond donors (Lipinski definition) is 2. The molecule has 1 aromatic heterocycles. The number of nitrogens with zero attached hydrogens (tertiary/aromatic N) is 1. The molecule has 3 rings (SSSR count). The minimum atomic E-state index is -0.0205. The number of amides is 1. The third-order valence-corrected chi connectivity index (χ3v) is 5.82. The van der Waals surface area contributed by atoms with Gasteiger partial charge in [0.2, 0.25) is 0 Å². The average molecular weight is 405 g/mol. The second-order valence-electron chi connectivity index (χ2n) is 8.17. The lowest BCUT2D eigenvalue weighted by atomic mass is 10.0. The number of rotatable bonds is 9. The van der Waals surface area contributed by atoms with E-state index in [0.717, 1.165) is 60.2 Å². The highest BCUT2D eigenvalue weighted by atomic mass is 16.1. The van der Waals surface area contributed by atoms with E-state index in [1.165, 1.54) is 0 Å². The number of fused-ring (bicyclic) bond motifs is 1. The van der Waals surface area contributed by atoms with Gasteiger partial charge < -0.3 is 10.2 Å². The fourth-order valence-electron chi connectivity index (χ4n) is 3.92. The number of carbonyl (C=O) groups is 1. The second-order valence-corrected chi connectivity index (χ2v) is 8.17. The summed E-state index contributed by atoms with van der Waals surface area (Å²) in [6.07, 6.45) is 2.10. The van der Waals surface area contributed by atoms with Crippen molar-refractivity contribution in [1.82, 2.24) is 10.3 Å². The predicted molar refractivity (Wildman–Crippen MR) is 125 cm³/mol. The van der Waals surface area contributed by atoms with Gasteiger partial charge in [-0.2, -0.15) is 0 Å². The average Bonchev–Trinajstić information content (AvgIpc) is 2.76. The van der Waals surface area contributed by atoms with Crippen LogP contribution in [-0.4, -0.2) is 36.6 Å². The monoisotopic (exact) mass is 404 g/mol. The number of benzene rings is 2. The standard InChI is InChI=1S/C26H33N3O/c1-5-29(6-2)16-10-11-20(4)27-26(30)23-18-25(21-12-8-7-9-13-21)28-24-15-14-19(3)17-22(23)24/h7-9,12-15,17-18,20H,5-6,10-11,16H2,1-4H3,(H,27,30)/p+1/t20-/m0/s1. The van der Waals surface area contributed by atoms with Crippen LogP contribution in [-0.2, 0) is 0 Å². The van der Waals surface area contributed by atoms with Gasteiger partial charge in [0.05, 0.1) is 36.4 Å². The Kier molecular flexibility index (Phi) is 7.58. The molecule has 4 nitrogen and oxygen atoms in total. The van der Waals surface area contributed by atoms with Gasteiger partial charge in [0, 0.05) is 17.0 Å². The molecular weight excluding hydrogens is 370 g/mol. The van der Waals surface area contributed by atoms with Gasteiger partial charge in [0.15, 0.2) is 0 Å². The largest absolute Gasteiger partial charge is 0.350 e. The number of quaternary nitrogens is 1. The summed E-state index contributed by atoms with van der Waals surface area (Å²) in [6.45, 7) is 12.1. The molecule has 0 aliphatic heterocycles. The summed E-state index contributed by atoms with van der Waals surface area (Å²) in [5.41, 5.74) is 4.52. The summed E-state index contributed by atoms with van der Waals surface area (Å²) >= 11 is 0. The molecule has 0 radical (unpaired) electrons. The van der Waals surface area contributed by atoms with Gasteiger partial charge in [-0.05, 0) is 58.7 Å². The third-order valence-electron chi connectivity index (χ3n) is 5.82. The molecule has 0 saturated heterocycles. The van der Waals surface area contributed by atoms with Crippen molar-refractivity contribution in [3.63, 3.8) is 0 Å². The van der Waals surface area contributed by atoms with Gasteiger partial charge in [0.1, 0.15) is 0 Å². The topological polar surface area (TPSA) is 46.4 Å². The van der Waals surface area contributed by atoms with Gasteiger partial charge in [-0.15, -0.1) is 0 Å². The van der Waals surface area contributed by atoms with Crippen LogP contribution in [0.1, 0.15) is 49.5 Å². The van der Waals surface area contributed by atoms with Crippen LogP contribution in [0.5, 0.6) is 0 Å². The smallest absolute Gasteiger partial charge is 0.252 e. The van der Waals surface area contributed by atoms with Gasteiger partial charge >= 0.3 is 0 Å². The molecule has 0 saturated carbocycles. The van der Waals surface area contributed by atoms with E-state index >= 15 is 0 Å². The summed E-state index contributed by atoms with van der Waals surface area (Å²) in [7, 11) is 0. The Morgan fingerprint density at radius 3 is 2.50 bits per heavy atom. The van der Waals surface area contributed by atoms with Crippen molar-refractivity contribution < 1.29 is 9.69 Å². The molecule has 0 aliphatic carbocycles. The lowest BCUT2D eigenvalue weighted by Crippen LogP contribution is -3.11. The Bertz CT molecular complexity index is 980. The molecule has 4 heteroatoms. The number of carbonyl (C=O) groups excluding carboxylic acids is 1. The highest BCUT2D eigenvalue weighted by Gasteiger charge is 2.16. The molecule has 1 atom stereocenters. The van der Waals surface area contributed by atoms with Crippen LogP contribution in [0, 0.1) is 6.92 Å². The van der Waals surface area contributed by atoms with Crippen LogP contribution in [0.2, 0.25) is 0 Å². The fourth-order valence-corrected chi connectivity index (χ4v) is 3.92. The van der Waals surface area contributed by atoms with Crippen LogP contribution >= 0.6 is 0 Å². The Balaban J connectivity index is 1.82. The maximum absolute atomic E-state index is 13.2. The fraction of sp³-hybridized carbons (Fsp3) is 0.385. The summed E-state index contributed by atoms with van der Waals surface area (Å²) in [6, 6.07) is 18.2. The molecule has 158 valence electrons. The molecule has 0 unspecified atom stereocenters. The third kappa shape index (κ3) is 5.45.